The predicted octanol–water partition coefficient (Wildman–Crippen LogP) is 2.85. The van der Waals surface area contributed by atoms with Crippen LogP contribution in [0.2, 0.25) is 0 Å². The molecule has 0 fully saturated rings. The van der Waals surface area contributed by atoms with E-state index in [1.54, 1.807) is 39.7 Å². The fraction of sp³-hybridized carbons (Fsp3) is 0.259. The number of nitrogens with zero attached hydrogens (tertiary/aromatic N) is 6. The number of thioether (sulfide) groups is 1. The van der Waals surface area contributed by atoms with Gasteiger partial charge in [0.1, 0.15) is 18.5 Å². The Labute approximate surface area is 223 Å². The Hall–Kier alpha value is -3.93. The van der Waals surface area contributed by atoms with Gasteiger partial charge in [0.05, 0.1) is 16.7 Å². The van der Waals surface area contributed by atoms with E-state index in [9.17, 15) is 9.90 Å². The second-order valence-electron chi connectivity index (χ2n) is 8.85. The fourth-order valence-corrected chi connectivity index (χ4v) is 4.94. The lowest BCUT2D eigenvalue weighted by Gasteiger charge is -2.13. The Morgan fingerprint density at radius 1 is 1.00 bits per heavy atom. The molecule has 0 spiro atoms. The molecule has 0 unspecified atom stereocenters. The van der Waals surface area contributed by atoms with Gasteiger partial charge in [-0.15, -0.1) is 5.10 Å². The molecule has 0 bridgehead atoms. The Morgan fingerprint density at radius 3 is 2.55 bits per heavy atom. The van der Waals surface area contributed by atoms with Crippen molar-refractivity contribution in [3.05, 3.63) is 94.4 Å². The SMILES string of the molecule is Cn1c(=O)n(C)c2cc([C@@H](O)COc3ccc(CNCCSc4nnnn4-c4ccccc4)cc3)ccc21. The third-order valence-electron chi connectivity index (χ3n) is 6.29. The maximum Gasteiger partial charge on any atom is 0.328 e. The Morgan fingerprint density at radius 2 is 1.76 bits per heavy atom. The summed E-state index contributed by atoms with van der Waals surface area (Å²) in [5.74, 6) is 1.51. The molecule has 0 aliphatic rings. The van der Waals surface area contributed by atoms with Gasteiger partial charge >= 0.3 is 5.69 Å². The van der Waals surface area contributed by atoms with Crippen LogP contribution in [0.3, 0.4) is 0 Å². The minimum Gasteiger partial charge on any atom is -0.491 e. The molecular formula is C27H29N7O3S. The third-order valence-corrected chi connectivity index (χ3v) is 7.21. The van der Waals surface area contributed by atoms with E-state index >= 15 is 0 Å². The molecule has 0 radical (unpaired) electrons. The molecule has 2 aromatic heterocycles. The number of hydrogen-bond donors (Lipinski definition) is 2. The topological polar surface area (TPSA) is 112 Å². The Bertz CT molecular complexity index is 1560. The standard InChI is InChI=1S/C27H29N7O3S/c1-32-23-13-10-20(16-24(23)33(2)27(32)36)25(35)18-37-22-11-8-19(9-12-22)17-28-14-15-38-26-29-30-31-34(26)21-6-4-3-5-7-21/h3-13,16,25,28,35H,14-15,17-18H2,1-2H3/t25-/m0/s1. The van der Waals surface area contributed by atoms with Gasteiger partial charge in [-0.25, -0.2) is 4.79 Å². The number of aromatic nitrogens is 6. The molecule has 5 aromatic rings. The Kier molecular flexibility index (Phi) is 7.87. The number of hydrogen-bond acceptors (Lipinski definition) is 8. The zero-order valence-corrected chi connectivity index (χ0v) is 22.0. The van der Waals surface area contributed by atoms with E-state index in [1.165, 1.54) is 0 Å². The largest absolute Gasteiger partial charge is 0.491 e. The fourth-order valence-electron chi connectivity index (χ4n) is 4.15. The molecule has 2 N–H and O–H groups in total. The molecule has 2 heterocycles. The highest BCUT2D eigenvalue weighted by atomic mass is 32.2. The quantitative estimate of drug-likeness (QED) is 0.198. The first kappa shape index (κ1) is 25.7. The van der Waals surface area contributed by atoms with Crippen LogP contribution in [-0.2, 0) is 20.6 Å². The average molecular weight is 532 g/mol. The third kappa shape index (κ3) is 5.64. The molecule has 196 valence electrons. The van der Waals surface area contributed by atoms with Crippen molar-refractivity contribution in [1.29, 1.82) is 0 Å². The second kappa shape index (κ2) is 11.6. The van der Waals surface area contributed by atoms with Gasteiger partial charge in [-0.3, -0.25) is 9.13 Å². The maximum absolute atomic E-state index is 12.1. The van der Waals surface area contributed by atoms with E-state index in [0.29, 0.717) is 11.3 Å². The predicted molar refractivity (Wildman–Crippen MR) is 147 cm³/mol. The lowest BCUT2D eigenvalue weighted by molar-refractivity contribution is 0.108. The van der Waals surface area contributed by atoms with Crippen molar-refractivity contribution in [3.63, 3.8) is 0 Å². The van der Waals surface area contributed by atoms with Crippen LogP contribution in [0.5, 0.6) is 5.75 Å². The number of fused-ring (bicyclic) bond motifs is 1. The monoisotopic (exact) mass is 531 g/mol. The van der Waals surface area contributed by atoms with E-state index in [1.807, 2.05) is 72.8 Å². The summed E-state index contributed by atoms with van der Waals surface area (Å²) < 4.78 is 10.7. The van der Waals surface area contributed by atoms with Gasteiger partial charge < -0.3 is 15.2 Å². The number of aliphatic hydroxyl groups excluding tert-OH is 1. The molecule has 0 amide bonds. The highest BCUT2D eigenvalue weighted by molar-refractivity contribution is 7.99. The van der Waals surface area contributed by atoms with Crippen LogP contribution in [0.25, 0.3) is 16.7 Å². The molecule has 3 aromatic carbocycles. The van der Waals surface area contributed by atoms with Crippen LogP contribution < -0.4 is 15.7 Å². The van der Waals surface area contributed by atoms with E-state index < -0.39 is 6.10 Å². The number of para-hydroxylation sites is 1. The first-order valence-electron chi connectivity index (χ1n) is 12.2. The smallest absolute Gasteiger partial charge is 0.328 e. The summed E-state index contributed by atoms with van der Waals surface area (Å²) in [5.41, 5.74) is 4.28. The summed E-state index contributed by atoms with van der Waals surface area (Å²) in [5, 5.41) is 26.8. The number of aliphatic hydroxyl groups is 1. The van der Waals surface area contributed by atoms with Crippen molar-refractivity contribution in [3.8, 4) is 11.4 Å². The van der Waals surface area contributed by atoms with Crippen LogP contribution >= 0.6 is 11.8 Å². The van der Waals surface area contributed by atoms with Gasteiger partial charge in [0.15, 0.2) is 0 Å². The van der Waals surface area contributed by atoms with Crippen LogP contribution in [0.1, 0.15) is 17.2 Å². The van der Waals surface area contributed by atoms with Gasteiger partial charge in [0.2, 0.25) is 5.16 Å². The number of ether oxygens (including phenoxy) is 1. The first-order chi connectivity index (χ1) is 18.5. The van der Waals surface area contributed by atoms with E-state index in [4.69, 9.17) is 4.74 Å². The van der Waals surface area contributed by atoms with E-state index in [2.05, 4.69) is 20.8 Å². The highest BCUT2D eigenvalue weighted by Gasteiger charge is 2.14. The minimum absolute atomic E-state index is 0.0963. The maximum atomic E-state index is 12.1. The first-order valence-corrected chi connectivity index (χ1v) is 13.2. The van der Waals surface area contributed by atoms with Crippen LogP contribution in [0.4, 0.5) is 0 Å². The van der Waals surface area contributed by atoms with Crippen molar-refractivity contribution in [1.82, 2.24) is 34.7 Å². The second-order valence-corrected chi connectivity index (χ2v) is 9.92. The zero-order valence-electron chi connectivity index (χ0n) is 21.2. The summed E-state index contributed by atoms with van der Waals surface area (Å²) in [4.78, 5) is 12.1. The molecule has 5 rings (SSSR count). The Balaban J connectivity index is 1.07. The number of rotatable bonds is 11. The molecule has 0 saturated carbocycles. The van der Waals surface area contributed by atoms with Crippen LogP contribution in [0, 0.1) is 0 Å². The van der Waals surface area contributed by atoms with Crippen molar-refractivity contribution < 1.29 is 9.84 Å². The molecule has 0 saturated heterocycles. The van der Waals surface area contributed by atoms with Gasteiger partial charge in [-0.05, 0) is 58.0 Å². The summed E-state index contributed by atoms with van der Waals surface area (Å²) in [6.45, 7) is 1.64. The number of aryl methyl sites for hydroxylation is 2. The summed E-state index contributed by atoms with van der Waals surface area (Å²) >= 11 is 1.60. The van der Waals surface area contributed by atoms with Crippen molar-refractivity contribution in [2.45, 2.75) is 17.8 Å². The normalized spacial score (nSPS) is 12.2. The van der Waals surface area contributed by atoms with Crippen LogP contribution in [0.15, 0.2) is 82.7 Å². The molecular weight excluding hydrogens is 502 g/mol. The molecule has 11 heteroatoms. The average Bonchev–Trinajstić information content (AvgIpc) is 3.51. The number of imidazole rings is 1. The number of benzene rings is 3. The summed E-state index contributed by atoms with van der Waals surface area (Å²) in [6, 6.07) is 23.1. The van der Waals surface area contributed by atoms with E-state index in [0.717, 1.165) is 46.3 Å². The van der Waals surface area contributed by atoms with Gasteiger partial charge in [0.25, 0.3) is 0 Å². The lowest BCUT2D eigenvalue weighted by atomic mass is 10.1. The number of tetrazole rings is 1. The molecule has 1 atom stereocenters. The zero-order chi connectivity index (χ0) is 26.5. The van der Waals surface area contributed by atoms with Crippen molar-refractivity contribution in [2.24, 2.45) is 14.1 Å². The highest BCUT2D eigenvalue weighted by Crippen LogP contribution is 2.21. The van der Waals surface area contributed by atoms with Gasteiger partial charge in [-0.1, -0.05) is 48.2 Å². The van der Waals surface area contributed by atoms with Crippen molar-refractivity contribution in [2.75, 3.05) is 18.9 Å². The summed E-state index contributed by atoms with van der Waals surface area (Å²) in [6.07, 6.45) is -0.809. The molecule has 0 aliphatic carbocycles. The summed E-state index contributed by atoms with van der Waals surface area (Å²) in [7, 11) is 3.46. The van der Waals surface area contributed by atoms with Gasteiger partial charge in [-0.2, -0.15) is 4.68 Å². The van der Waals surface area contributed by atoms with Crippen molar-refractivity contribution >= 4 is 22.8 Å². The van der Waals surface area contributed by atoms with E-state index in [-0.39, 0.29) is 12.3 Å². The number of nitrogens with one attached hydrogen (secondary N) is 1. The van der Waals surface area contributed by atoms with Gasteiger partial charge in [0, 0.05) is 32.9 Å². The molecule has 38 heavy (non-hydrogen) atoms. The minimum atomic E-state index is -0.809. The lowest BCUT2D eigenvalue weighted by Crippen LogP contribution is -2.19. The van der Waals surface area contributed by atoms with Crippen LogP contribution in [-0.4, -0.2) is 53.4 Å². The molecule has 10 nitrogen and oxygen atoms in total. The molecule has 0 aliphatic heterocycles.